The van der Waals surface area contributed by atoms with E-state index in [1.54, 1.807) is 13.0 Å². The average molecular weight is 399 g/mol. The van der Waals surface area contributed by atoms with Crippen molar-refractivity contribution in [1.82, 2.24) is 4.90 Å². The molecule has 1 amide bonds. The van der Waals surface area contributed by atoms with Crippen LogP contribution in [0.3, 0.4) is 0 Å². The number of hydrogen-bond acceptors (Lipinski definition) is 6. The van der Waals surface area contributed by atoms with Crippen LogP contribution in [-0.4, -0.2) is 49.7 Å². The van der Waals surface area contributed by atoms with Crippen molar-refractivity contribution in [2.45, 2.75) is 32.3 Å². The molecule has 1 atom stereocenters. The number of carbonyl (C=O) groups is 2. The third-order valence-electron chi connectivity index (χ3n) is 4.96. The highest BCUT2D eigenvalue weighted by atomic mass is 16.6. The summed E-state index contributed by atoms with van der Waals surface area (Å²) in [5, 5.41) is 0. The third-order valence-corrected chi connectivity index (χ3v) is 4.96. The van der Waals surface area contributed by atoms with E-state index in [0.717, 1.165) is 12.8 Å². The van der Waals surface area contributed by atoms with E-state index in [9.17, 15) is 14.4 Å². The van der Waals surface area contributed by atoms with Crippen molar-refractivity contribution in [3.8, 4) is 0 Å². The maximum absolute atomic E-state index is 12.9. The van der Waals surface area contributed by atoms with E-state index in [1.807, 2.05) is 18.2 Å². The van der Waals surface area contributed by atoms with Crippen molar-refractivity contribution in [3.05, 3.63) is 69.3 Å². The third kappa shape index (κ3) is 5.12. The molecule has 1 fully saturated rings. The molecular formula is C22H25NO6. The summed E-state index contributed by atoms with van der Waals surface area (Å²) in [7, 11) is 1.27. The number of rotatable bonds is 6. The fraction of sp³-hybridized carbons (Fsp3) is 0.409. The van der Waals surface area contributed by atoms with Crippen molar-refractivity contribution >= 4 is 11.9 Å². The van der Waals surface area contributed by atoms with E-state index in [1.165, 1.54) is 17.6 Å². The lowest BCUT2D eigenvalue weighted by atomic mass is 10.0. The Balaban J connectivity index is 1.67. The minimum Gasteiger partial charge on any atom is -0.467 e. The van der Waals surface area contributed by atoms with Gasteiger partial charge in [0.15, 0.2) is 6.10 Å². The molecule has 0 radical (unpaired) electrons. The lowest BCUT2D eigenvalue weighted by molar-refractivity contribution is -0.158. The van der Waals surface area contributed by atoms with Gasteiger partial charge >= 0.3 is 11.6 Å². The molecule has 1 unspecified atom stereocenters. The molecule has 0 bridgehead atoms. The van der Waals surface area contributed by atoms with Gasteiger partial charge in [0.2, 0.25) is 0 Å². The molecule has 1 aliphatic heterocycles. The molecule has 3 rings (SSSR count). The number of carbonyl (C=O) groups excluding carboxylic acids is 2. The summed E-state index contributed by atoms with van der Waals surface area (Å²) in [5.74, 6) is -0.432. The van der Waals surface area contributed by atoms with E-state index in [0.29, 0.717) is 24.3 Å². The molecule has 1 saturated heterocycles. The quantitative estimate of drug-likeness (QED) is 0.692. The zero-order valence-electron chi connectivity index (χ0n) is 16.7. The Bertz CT molecular complexity index is 921. The second-order valence-corrected chi connectivity index (χ2v) is 7.03. The van der Waals surface area contributed by atoms with Gasteiger partial charge < -0.3 is 18.8 Å². The Labute approximate surface area is 169 Å². The van der Waals surface area contributed by atoms with Crippen LogP contribution in [0, 0.1) is 6.92 Å². The van der Waals surface area contributed by atoms with Gasteiger partial charge in [-0.3, -0.25) is 4.79 Å². The van der Waals surface area contributed by atoms with Gasteiger partial charge in [0.05, 0.1) is 20.3 Å². The summed E-state index contributed by atoms with van der Waals surface area (Å²) in [6.07, 6.45) is 1.49. The van der Waals surface area contributed by atoms with Gasteiger partial charge in [-0.25, -0.2) is 9.59 Å². The van der Waals surface area contributed by atoms with Gasteiger partial charge in [-0.05, 0) is 37.0 Å². The van der Waals surface area contributed by atoms with Gasteiger partial charge in [0, 0.05) is 13.0 Å². The summed E-state index contributed by atoms with van der Waals surface area (Å²) >= 11 is 0. The molecule has 154 valence electrons. The Morgan fingerprint density at radius 3 is 2.66 bits per heavy atom. The molecule has 7 heteroatoms. The molecular weight excluding hydrogens is 374 g/mol. The van der Waals surface area contributed by atoms with Crippen LogP contribution in [0.5, 0.6) is 0 Å². The van der Waals surface area contributed by atoms with Gasteiger partial charge in [-0.1, -0.05) is 30.3 Å². The van der Waals surface area contributed by atoms with Crippen LogP contribution in [0.4, 0.5) is 0 Å². The van der Waals surface area contributed by atoms with E-state index in [4.69, 9.17) is 9.15 Å². The number of ether oxygens (including phenoxy) is 2. The first-order valence-corrected chi connectivity index (χ1v) is 9.66. The highest BCUT2D eigenvalue weighted by molar-refractivity contribution is 5.95. The van der Waals surface area contributed by atoms with Gasteiger partial charge in [-0.2, -0.15) is 0 Å². The van der Waals surface area contributed by atoms with E-state index >= 15 is 0 Å². The van der Waals surface area contributed by atoms with Crippen LogP contribution in [0.15, 0.2) is 45.6 Å². The minimum absolute atomic E-state index is 0.00215. The molecule has 29 heavy (non-hydrogen) atoms. The molecule has 2 heterocycles. The van der Waals surface area contributed by atoms with Crippen molar-refractivity contribution in [2.24, 2.45) is 0 Å². The van der Waals surface area contributed by atoms with Gasteiger partial charge in [0.1, 0.15) is 11.3 Å². The van der Waals surface area contributed by atoms with E-state index in [-0.39, 0.29) is 18.7 Å². The summed E-state index contributed by atoms with van der Waals surface area (Å²) < 4.78 is 15.4. The highest BCUT2D eigenvalue weighted by Crippen LogP contribution is 2.15. The van der Waals surface area contributed by atoms with Crippen LogP contribution in [0.1, 0.15) is 33.7 Å². The first-order chi connectivity index (χ1) is 14.0. The van der Waals surface area contributed by atoms with Gasteiger partial charge in [0.25, 0.3) is 5.91 Å². The molecule has 0 saturated carbocycles. The fourth-order valence-corrected chi connectivity index (χ4v) is 3.43. The predicted octanol–water partition coefficient (Wildman–Crippen LogP) is 2.14. The molecule has 0 spiro atoms. The largest absolute Gasteiger partial charge is 0.467 e. The Morgan fingerprint density at radius 2 is 1.97 bits per heavy atom. The fourth-order valence-electron chi connectivity index (χ4n) is 3.43. The molecule has 7 nitrogen and oxygen atoms in total. The summed E-state index contributed by atoms with van der Waals surface area (Å²) in [4.78, 5) is 38.5. The second-order valence-electron chi connectivity index (χ2n) is 7.03. The van der Waals surface area contributed by atoms with Crippen LogP contribution < -0.4 is 5.63 Å². The first kappa shape index (κ1) is 20.8. The molecule has 2 aromatic rings. The summed E-state index contributed by atoms with van der Waals surface area (Å²) in [6.45, 7) is 2.27. The molecule has 1 aromatic carbocycles. The Kier molecular flexibility index (Phi) is 6.82. The monoisotopic (exact) mass is 399 g/mol. The normalized spacial score (nSPS) is 16.5. The number of methoxy groups -OCH3 is 1. The number of esters is 1. The topological polar surface area (TPSA) is 86.0 Å². The summed E-state index contributed by atoms with van der Waals surface area (Å²) in [6, 6.07) is 11.8. The standard InChI is InChI=1S/C22H25NO6/c1-15-13-17(10-6-9-16-7-4-3-5-8-16)29-22(26)19(15)20(24)23-11-12-28-18(14-23)21(25)27-2/h3-5,7-8,13,18H,6,9-12,14H2,1-2H3. The van der Waals surface area contributed by atoms with Gasteiger partial charge in [-0.15, -0.1) is 0 Å². The average Bonchev–Trinajstić information content (AvgIpc) is 2.73. The minimum atomic E-state index is -0.845. The highest BCUT2D eigenvalue weighted by Gasteiger charge is 2.32. The van der Waals surface area contributed by atoms with Crippen LogP contribution >= 0.6 is 0 Å². The number of benzene rings is 1. The number of morpholine rings is 1. The first-order valence-electron chi connectivity index (χ1n) is 9.66. The second kappa shape index (κ2) is 9.52. The maximum atomic E-state index is 12.9. The SMILES string of the molecule is COC(=O)C1CN(C(=O)c2c(C)cc(CCCc3ccccc3)oc2=O)CCO1. The molecule has 0 aliphatic carbocycles. The summed E-state index contributed by atoms with van der Waals surface area (Å²) in [5.41, 5.74) is 1.15. The van der Waals surface area contributed by atoms with Crippen LogP contribution in [-0.2, 0) is 27.1 Å². The number of amides is 1. The lowest BCUT2D eigenvalue weighted by Crippen LogP contribution is -2.49. The van der Waals surface area contributed by atoms with Crippen LogP contribution in [0.25, 0.3) is 0 Å². The predicted molar refractivity (Wildman–Crippen MR) is 106 cm³/mol. The van der Waals surface area contributed by atoms with Crippen molar-refractivity contribution < 1.29 is 23.5 Å². The molecule has 1 aromatic heterocycles. The smallest absolute Gasteiger partial charge is 0.349 e. The number of aryl methyl sites for hydroxylation is 3. The number of nitrogens with zero attached hydrogens (tertiary/aromatic N) is 1. The number of hydrogen-bond donors (Lipinski definition) is 0. The van der Waals surface area contributed by atoms with E-state index < -0.39 is 23.6 Å². The van der Waals surface area contributed by atoms with Crippen molar-refractivity contribution in [1.29, 1.82) is 0 Å². The lowest BCUT2D eigenvalue weighted by Gasteiger charge is -2.31. The Morgan fingerprint density at radius 1 is 1.21 bits per heavy atom. The van der Waals surface area contributed by atoms with Crippen LogP contribution in [0.2, 0.25) is 0 Å². The maximum Gasteiger partial charge on any atom is 0.349 e. The van der Waals surface area contributed by atoms with E-state index in [2.05, 4.69) is 16.9 Å². The zero-order chi connectivity index (χ0) is 20.8. The van der Waals surface area contributed by atoms with Crippen molar-refractivity contribution in [2.75, 3.05) is 26.8 Å². The molecule has 0 N–H and O–H groups in total. The molecule has 1 aliphatic rings. The Hall–Kier alpha value is -2.93. The zero-order valence-corrected chi connectivity index (χ0v) is 16.7. The van der Waals surface area contributed by atoms with Crippen molar-refractivity contribution in [3.63, 3.8) is 0 Å².